The van der Waals surface area contributed by atoms with Crippen LogP contribution >= 0.6 is 9.24 Å². The summed E-state index contributed by atoms with van der Waals surface area (Å²) < 4.78 is 0. The largest absolute Gasteiger partial charge is 0.105 e. The van der Waals surface area contributed by atoms with E-state index in [0.29, 0.717) is 0 Å². The Bertz CT molecular complexity index is 385. The summed E-state index contributed by atoms with van der Waals surface area (Å²) in [5, 5.41) is 1.38. The van der Waals surface area contributed by atoms with Crippen LogP contribution in [0.1, 0.15) is 109 Å². The average Bonchev–Trinajstić information content (AvgIpc) is 2.60. The van der Waals surface area contributed by atoms with E-state index in [0.717, 1.165) is 0 Å². The second-order valence-corrected chi connectivity index (χ2v) is 8.02. The second kappa shape index (κ2) is 16.1. The van der Waals surface area contributed by atoms with Crippen LogP contribution in [0.3, 0.4) is 0 Å². The molecule has 24 heavy (non-hydrogen) atoms. The molecule has 0 radical (unpaired) electrons. The topological polar surface area (TPSA) is 0 Å². The Morgan fingerprint density at radius 3 is 1.46 bits per heavy atom. The molecule has 0 bridgehead atoms. The SMILES string of the molecule is CCCCCCCCCCCCCCCCCc1ccccc1P. The monoisotopic (exact) mass is 348 g/mol. The lowest BCUT2D eigenvalue weighted by Crippen LogP contribution is -2.00. The maximum absolute atomic E-state index is 2.86. The van der Waals surface area contributed by atoms with E-state index in [4.69, 9.17) is 0 Å². The molecular weight excluding hydrogens is 307 g/mol. The first-order chi connectivity index (χ1) is 11.8. The molecular formula is C23H41P. The summed E-state index contributed by atoms with van der Waals surface area (Å²) in [6.45, 7) is 2.30. The quantitative estimate of drug-likeness (QED) is 0.213. The van der Waals surface area contributed by atoms with Crippen LogP contribution in [0.5, 0.6) is 0 Å². The Morgan fingerprint density at radius 1 is 0.583 bits per heavy atom. The molecule has 1 aromatic rings. The number of hydrogen-bond donors (Lipinski definition) is 0. The van der Waals surface area contributed by atoms with Crippen LogP contribution in [0, 0.1) is 0 Å². The molecule has 138 valence electrons. The highest BCUT2D eigenvalue weighted by atomic mass is 31.0. The third kappa shape index (κ3) is 12.1. The van der Waals surface area contributed by atoms with E-state index >= 15 is 0 Å². The van der Waals surface area contributed by atoms with E-state index in [9.17, 15) is 0 Å². The molecule has 0 aliphatic carbocycles. The third-order valence-electron chi connectivity index (χ3n) is 5.10. The molecule has 0 nitrogen and oxygen atoms in total. The van der Waals surface area contributed by atoms with Crippen molar-refractivity contribution in [3.8, 4) is 0 Å². The zero-order valence-electron chi connectivity index (χ0n) is 16.2. The second-order valence-electron chi connectivity index (χ2n) is 7.40. The fourth-order valence-electron chi connectivity index (χ4n) is 3.45. The van der Waals surface area contributed by atoms with Crippen molar-refractivity contribution >= 4 is 14.5 Å². The van der Waals surface area contributed by atoms with Crippen LogP contribution < -0.4 is 5.30 Å². The van der Waals surface area contributed by atoms with E-state index < -0.39 is 0 Å². The number of rotatable bonds is 16. The van der Waals surface area contributed by atoms with Crippen LogP contribution in [-0.4, -0.2) is 0 Å². The zero-order valence-corrected chi connectivity index (χ0v) is 17.4. The van der Waals surface area contributed by atoms with Crippen LogP contribution in [0.25, 0.3) is 0 Å². The van der Waals surface area contributed by atoms with E-state index in [2.05, 4.69) is 40.4 Å². The van der Waals surface area contributed by atoms with Gasteiger partial charge in [0.15, 0.2) is 0 Å². The van der Waals surface area contributed by atoms with Gasteiger partial charge in [-0.05, 0) is 23.7 Å². The summed E-state index contributed by atoms with van der Waals surface area (Å²) in [4.78, 5) is 0. The van der Waals surface area contributed by atoms with Gasteiger partial charge in [-0.1, -0.05) is 121 Å². The predicted octanol–water partition coefficient (Wildman–Crippen LogP) is 7.60. The van der Waals surface area contributed by atoms with Crippen molar-refractivity contribution < 1.29 is 0 Å². The minimum absolute atomic E-state index is 1.25. The molecule has 0 heterocycles. The van der Waals surface area contributed by atoms with Crippen molar-refractivity contribution in [2.45, 2.75) is 110 Å². The fourth-order valence-corrected chi connectivity index (χ4v) is 3.80. The molecule has 1 atom stereocenters. The Morgan fingerprint density at radius 2 is 1.00 bits per heavy atom. The van der Waals surface area contributed by atoms with Gasteiger partial charge >= 0.3 is 0 Å². The highest BCUT2D eigenvalue weighted by Crippen LogP contribution is 2.14. The normalized spacial score (nSPS) is 11.1. The minimum atomic E-state index is 1.25. The van der Waals surface area contributed by atoms with Gasteiger partial charge in [0.2, 0.25) is 0 Å². The van der Waals surface area contributed by atoms with Gasteiger partial charge in [0.05, 0.1) is 0 Å². The fraction of sp³-hybridized carbons (Fsp3) is 0.739. The number of unbranched alkanes of at least 4 members (excludes halogenated alkanes) is 14. The standard InChI is InChI=1S/C23H41P/c1-2-3-4-5-6-7-8-9-10-11-12-13-14-15-16-19-22-20-17-18-21-23(22)24/h17-18,20-21H,2-16,19,24H2,1H3. The lowest BCUT2D eigenvalue weighted by Gasteiger charge is -2.05. The number of benzene rings is 1. The maximum atomic E-state index is 2.86. The summed E-state index contributed by atoms with van der Waals surface area (Å²) in [5.41, 5.74) is 1.51. The van der Waals surface area contributed by atoms with Gasteiger partial charge in [-0.3, -0.25) is 0 Å². The van der Waals surface area contributed by atoms with Crippen molar-refractivity contribution in [2.75, 3.05) is 0 Å². The van der Waals surface area contributed by atoms with Crippen molar-refractivity contribution in [2.24, 2.45) is 0 Å². The van der Waals surface area contributed by atoms with Crippen molar-refractivity contribution in [1.29, 1.82) is 0 Å². The molecule has 1 aromatic carbocycles. The van der Waals surface area contributed by atoms with Crippen LogP contribution in [0.2, 0.25) is 0 Å². The first-order valence-corrected chi connectivity index (χ1v) is 11.3. The van der Waals surface area contributed by atoms with Crippen molar-refractivity contribution in [3.63, 3.8) is 0 Å². The van der Waals surface area contributed by atoms with Crippen LogP contribution in [-0.2, 0) is 6.42 Å². The Labute approximate surface area is 154 Å². The Balaban J connectivity index is 1.77. The summed E-state index contributed by atoms with van der Waals surface area (Å²) in [6.07, 6.45) is 22.9. The summed E-state index contributed by atoms with van der Waals surface area (Å²) in [5.74, 6) is 0. The third-order valence-corrected chi connectivity index (χ3v) is 5.67. The molecule has 0 fully saturated rings. The van der Waals surface area contributed by atoms with E-state index in [1.54, 1.807) is 0 Å². The van der Waals surface area contributed by atoms with Gasteiger partial charge in [-0.2, -0.15) is 0 Å². The van der Waals surface area contributed by atoms with E-state index in [1.807, 2.05) is 0 Å². The Kier molecular flexibility index (Phi) is 14.6. The molecule has 1 heteroatoms. The van der Waals surface area contributed by atoms with Gasteiger partial charge in [0.1, 0.15) is 0 Å². The first-order valence-electron chi connectivity index (χ1n) is 10.7. The molecule has 0 aliphatic heterocycles. The number of hydrogen-bond acceptors (Lipinski definition) is 0. The zero-order chi connectivity index (χ0) is 17.3. The average molecular weight is 349 g/mol. The van der Waals surface area contributed by atoms with Gasteiger partial charge in [0, 0.05) is 0 Å². The smallest absolute Gasteiger partial charge is 0.0271 e. The molecule has 1 unspecified atom stereocenters. The first kappa shape index (κ1) is 21.7. The summed E-state index contributed by atoms with van der Waals surface area (Å²) in [6, 6.07) is 8.75. The molecule has 0 saturated carbocycles. The van der Waals surface area contributed by atoms with Crippen molar-refractivity contribution in [3.05, 3.63) is 29.8 Å². The highest BCUT2D eigenvalue weighted by molar-refractivity contribution is 7.27. The van der Waals surface area contributed by atoms with Gasteiger partial charge < -0.3 is 0 Å². The van der Waals surface area contributed by atoms with Crippen molar-refractivity contribution in [1.82, 2.24) is 0 Å². The van der Waals surface area contributed by atoms with Gasteiger partial charge in [-0.15, -0.1) is 9.24 Å². The van der Waals surface area contributed by atoms with E-state index in [1.165, 1.54) is 114 Å². The molecule has 1 rings (SSSR count). The molecule has 0 amide bonds. The Hall–Kier alpha value is -0.350. The van der Waals surface area contributed by atoms with Gasteiger partial charge in [-0.25, -0.2) is 0 Å². The van der Waals surface area contributed by atoms with E-state index in [-0.39, 0.29) is 0 Å². The molecule has 0 N–H and O–H groups in total. The van der Waals surface area contributed by atoms with Crippen LogP contribution in [0.4, 0.5) is 0 Å². The molecule has 0 aromatic heterocycles. The summed E-state index contributed by atoms with van der Waals surface area (Å²) >= 11 is 0. The minimum Gasteiger partial charge on any atom is -0.105 e. The lowest BCUT2D eigenvalue weighted by atomic mass is 10.0. The molecule has 0 spiro atoms. The molecule has 0 saturated heterocycles. The van der Waals surface area contributed by atoms with Gasteiger partial charge in [0.25, 0.3) is 0 Å². The number of aryl methyl sites for hydroxylation is 1. The molecule has 0 aliphatic rings. The predicted molar refractivity (Wildman–Crippen MR) is 114 cm³/mol. The lowest BCUT2D eigenvalue weighted by molar-refractivity contribution is 0.532. The maximum Gasteiger partial charge on any atom is -0.0271 e. The highest BCUT2D eigenvalue weighted by Gasteiger charge is 1.98. The van der Waals surface area contributed by atoms with Crippen LogP contribution in [0.15, 0.2) is 24.3 Å². The summed E-state index contributed by atoms with van der Waals surface area (Å²) in [7, 11) is 2.86.